The topological polar surface area (TPSA) is 45.0 Å². The molecule has 2 aromatic rings. The minimum absolute atomic E-state index is 0.394. The van der Waals surface area contributed by atoms with Gasteiger partial charge in [-0.15, -0.1) is 0 Å². The highest BCUT2D eigenvalue weighted by Crippen LogP contribution is 2.40. The molecule has 0 unspecified atom stereocenters. The van der Waals surface area contributed by atoms with Gasteiger partial charge in [-0.2, -0.15) is 5.26 Å². The van der Waals surface area contributed by atoms with Crippen LogP contribution in [0.5, 0.6) is 5.75 Å². The molecule has 0 amide bonds. The standard InChI is InChI=1S/C22H26N2O/c1-16-11-17(2)13-20(12-16)24-19-7-9-22(15-23,10-8-19)18-5-4-6-21(14-18)25-3/h4-6,11-14,19,24H,7-10H2,1-3H3. The Bertz CT molecular complexity index is 763. The van der Waals surface area contributed by atoms with E-state index in [1.165, 1.54) is 16.8 Å². The molecule has 0 aliphatic heterocycles. The van der Waals surface area contributed by atoms with Gasteiger partial charge in [0.15, 0.2) is 0 Å². The molecule has 0 bridgehead atoms. The minimum atomic E-state index is -0.394. The minimum Gasteiger partial charge on any atom is -0.497 e. The van der Waals surface area contributed by atoms with Crippen LogP contribution in [0.15, 0.2) is 42.5 Å². The summed E-state index contributed by atoms with van der Waals surface area (Å²) in [5.74, 6) is 0.822. The molecule has 3 rings (SSSR count). The van der Waals surface area contributed by atoms with E-state index in [0.717, 1.165) is 37.0 Å². The van der Waals surface area contributed by atoms with Crippen LogP contribution in [-0.4, -0.2) is 13.2 Å². The zero-order valence-corrected chi connectivity index (χ0v) is 15.3. The predicted molar refractivity (Wildman–Crippen MR) is 102 cm³/mol. The second-order valence-corrected chi connectivity index (χ2v) is 7.22. The number of benzene rings is 2. The summed E-state index contributed by atoms with van der Waals surface area (Å²) in [7, 11) is 1.67. The fourth-order valence-electron chi connectivity index (χ4n) is 3.93. The van der Waals surface area contributed by atoms with Crippen molar-refractivity contribution in [1.82, 2.24) is 0 Å². The number of methoxy groups -OCH3 is 1. The highest BCUT2D eigenvalue weighted by atomic mass is 16.5. The number of hydrogen-bond donors (Lipinski definition) is 1. The predicted octanol–water partition coefficient (Wildman–Crippen LogP) is 5.13. The Morgan fingerprint density at radius 3 is 2.36 bits per heavy atom. The number of nitrogens with one attached hydrogen (secondary N) is 1. The number of nitrogens with zero attached hydrogens (tertiary/aromatic N) is 1. The zero-order valence-electron chi connectivity index (χ0n) is 15.3. The van der Waals surface area contributed by atoms with Gasteiger partial charge >= 0.3 is 0 Å². The van der Waals surface area contributed by atoms with Gasteiger partial charge in [-0.05, 0) is 80.5 Å². The van der Waals surface area contributed by atoms with Crippen LogP contribution in [0.2, 0.25) is 0 Å². The maximum atomic E-state index is 9.90. The summed E-state index contributed by atoms with van der Waals surface area (Å²) in [5, 5.41) is 13.6. The van der Waals surface area contributed by atoms with E-state index in [2.05, 4.69) is 49.5 Å². The first-order chi connectivity index (χ1) is 12.0. The van der Waals surface area contributed by atoms with Gasteiger partial charge in [0.1, 0.15) is 5.75 Å². The Kier molecular flexibility index (Phi) is 4.99. The van der Waals surface area contributed by atoms with Crippen LogP contribution in [0, 0.1) is 25.2 Å². The molecule has 0 aromatic heterocycles. The number of rotatable bonds is 4. The lowest BCUT2D eigenvalue weighted by Crippen LogP contribution is -2.35. The van der Waals surface area contributed by atoms with E-state index in [9.17, 15) is 5.26 Å². The van der Waals surface area contributed by atoms with Crippen molar-refractivity contribution in [3.8, 4) is 11.8 Å². The van der Waals surface area contributed by atoms with E-state index < -0.39 is 5.41 Å². The average Bonchev–Trinajstić information content (AvgIpc) is 2.62. The van der Waals surface area contributed by atoms with Gasteiger partial charge in [-0.3, -0.25) is 0 Å². The van der Waals surface area contributed by atoms with Gasteiger partial charge in [-0.25, -0.2) is 0 Å². The highest BCUT2D eigenvalue weighted by Gasteiger charge is 2.37. The summed E-state index contributed by atoms with van der Waals surface area (Å²) < 4.78 is 5.34. The molecule has 0 saturated heterocycles. The molecule has 130 valence electrons. The average molecular weight is 334 g/mol. The number of aryl methyl sites for hydroxylation is 2. The fourth-order valence-corrected chi connectivity index (χ4v) is 3.93. The van der Waals surface area contributed by atoms with Crippen molar-refractivity contribution >= 4 is 5.69 Å². The van der Waals surface area contributed by atoms with Gasteiger partial charge in [0.25, 0.3) is 0 Å². The fraction of sp³-hybridized carbons (Fsp3) is 0.409. The molecule has 1 fully saturated rings. The molecule has 1 saturated carbocycles. The number of hydrogen-bond acceptors (Lipinski definition) is 3. The van der Waals surface area contributed by atoms with Gasteiger partial charge in [0, 0.05) is 11.7 Å². The van der Waals surface area contributed by atoms with E-state index in [1.54, 1.807) is 7.11 Å². The van der Waals surface area contributed by atoms with Crippen LogP contribution in [0.1, 0.15) is 42.4 Å². The SMILES string of the molecule is COc1cccc(C2(C#N)CCC(Nc3cc(C)cc(C)c3)CC2)c1. The molecule has 25 heavy (non-hydrogen) atoms. The molecule has 0 atom stereocenters. The number of anilines is 1. The summed E-state index contributed by atoms with van der Waals surface area (Å²) in [4.78, 5) is 0. The third kappa shape index (κ3) is 3.79. The lowest BCUT2D eigenvalue weighted by molar-refractivity contribution is 0.342. The van der Waals surface area contributed by atoms with Gasteiger partial charge in [-0.1, -0.05) is 18.2 Å². The molecule has 3 nitrogen and oxygen atoms in total. The quantitative estimate of drug-likeness (QED) is 0.843. The Hall–Kier alpha value is -2.47. The van der Waals surface area contributed by atoms with Crippen molar-refractivity contribution in [2.45, 2.75) is 51.0 Å². The van der Waals surface area contributed by atoms with Crippen molar-refractivity contribution in [3.05, 3.63) is 59.2 Å². The Labute approximate surface area is 150 Å². The molecule has 1 aliphatic carbocycles. The van der Waals surface area contributed by atoms with Crippen LogP contribution in [-0.2, 0) is 5.41 Å². The molecule has 0 spiro atoms. The maximum absolute atomic E-state index is 9.90. The lowest BCUT2D eigenvalue weighted by Gasteiger charge is -2.36. The van der Waals surface area contributed by atoms with Crippen LogP contribution in [0.25, 0.3) is 0 Å². The molecular formula is C22H26N2O. The summed E-state index contributed by atoms with van der Waals surface area (Å²) in [6, 6.07) is 17.6. The molecule has 0 radical (unpaired) electrons. The van der Waals surface area contributed by atoms with Crippen LogP contribution >= 0.6 is 0 Å². The summed E-state index contributed by atoms with van der Waals surface area (Å²) in [5.41, 5.74) is 4.43. The smallest absolute Gasteiger partial charge is 0.119 e. The van der Waals surface area contributed by atoms with E-state index >= 15 is 0 Å². The second-order valence-electron chi connectivity index (χ2n) is 7.22. The molecule has 1 aliphatic rings. The summed E-state index contributed by atoms with van der Waals surface area (Å²) in [6.07, 6.45) is 3.74. The Morgan fingerprint density at radius 2 is 1.76 bits per heavy atom. The van der Waals surface area contributed by atoms with Gasteiger partial charge < -0.3 is 10.1 Å². The lowest BCUT2D eigenvalue weighted by atomic mass is 9.69. The van der Waals surface area contributed by atoms with Crippen LogP contribution in [0.3, 0.4) is 0 Å². The Balaban J connectivity index is 1.72. The van der Waals surface area contributed by atoms with E-state index in [1.807, 2.05) is 18.2 Å². The first-order valence-electron chi connectivity index (χ1n) is 8.95. The molecule has 2 aromatic carbocycles. The molecular weight excluding hydrogens is 308 g/mol. The summed E-state index contributed by atoms with van der Waals surface area (Å²) in [6.45, 7) is 4.26. The van der Waals surface area contributed by atoms with Crippen molar-refractivity contribution in [2.75, 3.05) is 12.4 Å². The van der Waals surface area contributed by atoms with Crippen LogP contribution in [0.4, 0.5) is 5.69 Å². The van der Waals surface area contributed by atoms with Crippen LogP contribution < -0.4 is 10.1 Å². The normalized spacial score (nSPS) is 22.9. The van der Waals surface area contributed by atoms with Gasteiger partial charge in [0.05, 0.1) is 18.6 Å². The third-order valence-corrected chi connectivity index (χ3v) is 5.27. The van der Waals surface area contributed by atoms with E-state index in [0.29, 0.717) is 6.04 Å². The van der Waals surface area contributed by atoms with Crippen molar-refractivity contribution in [2.24, 2.45) is 0 Å². The van der Waals surface area contributed by atoms with Crippen molar-refractivity contribution in [3.63, 3.8) is 0 Å². The van der Waals surface area contributed by atoms with E-state index in [4.69, 9.17) is 4.74 Å². The zero-order chi connectivity index (χ0) is 17.9. The largest absolute Gasteiger partial charge is 0.497 e. The first-order valence-corrected chi connectivity index (χ1v) is 8.95. The first kappa shape index (κ1) is 17.4. The van der Waals surface area contributed by atoms with Gasteiger partial charge in [0.2, 0.25) is 0 Å². The molecule has 3 heteroatoms. The summed E-state index contributed by atoms with van der Waals surface area (Å²) >= 11 is 0. The van der Waals surface area contributed by atoms with Crippen molar-refractivity contribution < 1.29 is 4.74 Å². The number of ether oxygens (including phenoxy) is 1. The second kappa shape index (κ2) is 7.19. The molecule has 0 heterocycles. The third-order valence-electron chi connectivity index (χ3n) is 5.27. The maximum Gasteiger partial charge on any atom is 0.119 e. The monoisotopic (exact) mass is 334 g/mol. The number of nitriles is 1. The van der Waals surface area contributed by atoms with Crippen molar-refractivity contribution in [1.29, 1.82) is 5.26 Å². The Morgan fingerprint density at radius 1 is 1.08 bits per heavy atom. The highest BCUT2D eigenvalue weighted by molar-refractivity contribution is 5.49. The van der Waals surface area contributed by atoms with E-state index in [-0.39, 0.29) is 0 Å². The molecule has 1 N–H and O–H groups in total.